The molecule has 1 aromatic heterocycles. The van der Waals surface area contributed by atoms with Crippen molar-refractivity contribution in [3.63, 3.8) is 0 Å². The van der Waals surface area contributed by atoms with Crippen molar-refractivity contribution in [3.8, 4) is 0 Å². The molecule has 0 fully saturated rings. The van der Waals surface area contributed by atoms with Crippen LogP contribution in [0, 0.1) is 0 Å². The van der Waals surface area contributed by atoms with Crippen molar-refractivity contribution in [2.45, 2.75) is 12.4 Å². The summed E-state index contributed by atoms with van der Waals surface area (Å²) in [6.45, 7) is -2.93. The Morgan fingerprint density at radius 1 is 1.16 bits per heavy atom. The van der Waals surface area contributed by atoms with Gasteiger partial charge in [0, 0.05) is 12.7 Å². The fourth-order valence-electron chi connectivity index (χ4n) is 1.47. The number of hydrogen-bond donors (Lipinski definition) is 1. The van der Waals surface area contributed by atoms with Crippen LogP contribution in [0.1, 0.15) is 5.56 Å². The molecule has 0 spiro atoms. The van der Waals surface area contributed by atoms with Crippen LogP contribution >= 0.6 is 0 Å². The van der Waals surface area contributed by atoms with Crippen LogP contribution in [0.4, 0.5) is 32.2 Å². The molecule has 0 saturated heterocycles. The van der Waals surface area contributed by atoms with Crippen LogP contribution in [0.2, 0.25) is 0 Å². The number of aliphatic hydroxyl groups is 1. The topological polar surface area (TPSA) is 36.4 Å². The first-order valence-corrected chi connectivity index (χ1v) is 5.10. The monoisotopic (exact) mass is 288 g/mol. The SMILES string of the molecule is OCCN(CC(F)(F)F)c1ncccc1C(F)(F)F. The highest BCUT2D eigenvalue weighted by Gasteiger charge is 2.38. The van der Waals surface area contributed by atoms with Gasteiger partial charge in [0.25, 0.3) is 0 Å². The lowest BCUT2D eigenvalue weighted by atomic mass is 10.2. The van der Waals surface area contributed by atoms with Gasteiger partial charge in [-0.1, -0.05) is 0 Å². The molecule has 108 valence electrons. The number of pyridine rings is 1. The van der Waals surface area contributed by atoms with Crippen molar-refractivity contribution < 1.29 is 31.4 Å². The smallest absolute Gasteiger partial charge is 0.395 e. The molecule has 1 N–H and O–H groups in total. The zero-order chi connectivity index (χ0) is 14.7. The van der Waals surface area contributed by atoms with Gasteiger partial charge in [-0.2, -0.15) is 26.3 Å². The molecule has 0 saturated carbocycles. The van der Waals surface area contributed by atoms with Crippen LogP contribution < -0.4 is 4.90 Å². The molecule has 1 aromatic rings. The van der Waals surface area contributed by atoms with E-state index in [2.05, 4.69) is 4.98 Å². The third-order valence-corrected chi connectivity index (χ3v) is 2.13. The number of anilines is 1. The van der Waals surface area contributed by atoms with E-state index in [9.17, 15) is 26.3 Å². The summed E-state index contributed by atoms with van der Waals surface area (Å²) >= 11 is 0. The molecule has 1 rings (SSSR count). The Hall–Kier alpha value is -1.51. The predicted octanol–water partition coefficient (Wildman–Crippen LogP) is 2.46. The van der Waals surface area contributed by atoms with Crippen LogP contribution in [0.3, 0.4) is 0 Å². The molecule has 3 nitrogen and oxygen atoms in total. The highest BCUT2D eigenvalue weighted by Crippen LogP contribution is 2.35. The minimum atomic E-state index is -4.82. The standard InChI is InChI=1S/C10H10F6N2O/c11-9(12,13)6-18(4-5-19)8-7(10(14,15)16)2-1-3-17-8/h1-3,19H,4-6H2. The van der Waals surface area contributed by atoms with Crippen molar-refractivity contribution in [1.82, 2.24) is 4.98 Å². The Balaban J connectivity index is 3.16. The summed E-state index contributed by atoms with van der Waals surface area (Å²) in [4.78, 5) is 3.69. The van der Waals surface area contributed by atoms with Gasteiger partial charge in [0.2, 0.25) is 0 Å². The molecule has 19 heavy (non-hydrogen) atoms. The Morgan fingerprint density at radius 2 is 1.79 bits per heavy atom. The Bertz CT molecular complexity index is 417. The second-order valence-electron chi connectivity index (χ2n) is 3.63. The summed E-state index contributed by atoms with van der Waals surface area (Å²) in [7, 11) is 0. The van der Waals surface area contributed by atoms with Crippen molar-refractivity contribution in [2.24, 2.45) is 0 Å². The molecule has 0 aliphatic carbocycles. The van der Waals surface area contributed by atoms with E-state index < -0.39 is 43.4 Å². The maximum atomic E-state index is 12.7. The first-order chi connectivity index (χ1) is 8.65. The summed E-state index contributed by atoms with van der Waals surface area (Å²) in [6.07, 6.45) is -8.55. The van der Waals surface area contributed by atoms with Gasteiger partial charge >= 0.3 is 12.4 Å². The van der Waals surface area contributed by atoms with Crippen molar-refractivity contribution in [1.29, 1.82) is 0 Å². The van der Waals surface area contributed by atoms with E-state index in [-0.39, 0.29) is 0 Å². The second-order valence-corrected chi connectivity index (χ2v) is 3.63. The van der Waals surface area contributed by atoms with E-state index in [1.54, 1.807) is 0 Å². The Kier molecular flexibility index (Phi) is 4.61. The van der Waals surface area contributed by atoms with E-state index in [0.29, 0.717) is 11.0 Å². The quantitative estimate of drug-likeness (QED) is 0.865. The molecular weight excluding hydrogens is 278 g/mol. The fourth-order valence-corrected chi connectivity index (χ4v) is 1.47. The lowest BCUT2D eigenvalue weighted by molar-refractivity contribution is -0.138. The van der Waals surface area contributed by atoms with Crippen molar-refractivity contribution in [3.05, 3.63) is 23.9 Å². The summed E-state index contributed by atoms with van der Waals surface area (Å²) in [5.74, 6) is -0.846. The Labute approximate surface area is 104 Å². The summed E-state index contributed by atoms with van der Waals surface area (Å²) < 4.78 is 74.9. The van der Waals surface area contributed by atoms with Crippen LogP contribution in [0.5, 0.6) is 0 Å². The van der Waals surface area contributed by atoms with Gasteiger partial charge in [-0.15, -0.1) is 0 Å². The van der Waals surface area contributed by atoms with Crippen molar-refractivity contribution in [2.75, 3.05) is 24.6 Å². The van der Waals surface area contributed by atoms with Gasteiger partial charge < -0.3 is 10.0 Å². The van der Waals surface area contributed by atoms with E-state index in [1.807, 2.05) is 0 Å². The number of aromatic nitrogens is 1. The van der Waals surface area contributed by atoms with Crippen LogP contribution in [-0.2, 0) is 6.18 Å². The molecule has 0 aliphatic heterocycles. The third-order valence-electron chi connectivity index (χ3n) is 2.13. The van der Waals surface area contributed by atoms with Gasteiger partial charge in [0.15, 0.2) is 0 Å². The molecule has 9 heteroatoms. The van der Waals surface area contributed by atoms with Gasteiger partial charge in [-0.25, -0.2) is 4.98 Å². The molecule has 0 amide bonds. The lowest BCUT2D eigenvalue weighted by Crippen LogP contribution is -2.38. The van der Waals surface area contributed by atoms with Crippen LogP contribution in [-0.4, -0.2) is 36.0 Å². The van der Waals surface area contributed by atoms with Crippen LogP contribution in [0.25, 0.3) is 0 Å². The van der Waals surface area contributed by atoms with Gasteiger partial charge in [0.05, 0.1) is 12.2 Å². The zero-order valence-electron chi connectivity index (χ0n) is 9.46. The minimum absolute atomic E-state index is 0.350. The zero-order valence-corrected chi connectivity index (χ0v) is 9.46. The molecule has 0 atom stereocenters. The van der Waals surface area contributed by atoms with Crippen molar-refractivity contribution >= 4 is 5.82 Å². The maximum absolute atomic E-state index is 12.7. The highest BCUT2D eigenvalue weighted by molar-refractivity contribution is 5.48. The number of alkyl halides is 6. The largest absolute Gasteiger partial charge is 0.419 e. The van der Waals surface area contributed by atoms with E-state index in [0.717, 1.165) is 12.3 Å². The highest BCUT2D eigenvalue weighted by atomic mass is 19.4. The normalized spacial score (nSPS) is 12.6. The first kappa shape index (κ1) is 15.5. The molecular formula is C10H10F6N2O. The average Bonchev–Trinajstić information content (AvgIpc) is 2.25. The number of hydrogen-bond acceptors (Lipinski definition) is 3. The van der Waals surface area contributed by atoms with E-state index in [1.165, 1.54) is 0 Å². The molecule has 1 heterocycles. The number of nitrogens with zero attached hydrogens (tertiary/aromatic N) is 2. The molecule has 0 aromatic carbocycles. The number of rotatable bonds is 4. The van der Waals surface area contributed by atoms with Gasteiger partial charge in [-0.05, 0) is 12.1 Å². The summed E-state index contributed by atoms with van der Waals surface area (Å²) in [6, 6.07) is 1.63. The van der Waals surface area contributed by atoms with Gasteiger partial charge in [0.1, 0.15) is 12.4 Å². The second kappa shape index (κ2) is 5.64. The first-order valence-electron chi connectivity index (χ1n) is 5.10. The van der Waals surface area contributed by atoms with Crippen LogP contribution in [0.15, 0.2) is 18.3 Å². The third kappa shape index (κ3) is 4.58. The Morgan fingerprint density at radius 3 is 2.26 bits per heavy atom. The maximum Gasteiger partial charge on any atom is 0.419 e. The predicted molar refractivity (Wildman–Crippen MR) is 54.6 cm³/mol. The van der Waals surface area contributed by atoms with E-state index >= 15 is 0 Å². The molecule has 0 bridgehead atoms. The molecule has 0 aliphatic rings. The minimum Gasteiger partial charge on any atom is -0.395 e. The number of aliphatic hydroxyl groups excluding tert-OH is 1. The number of halogens is 6. The molecule has 0 unspecified atom stereocenters. The summed E-state index contributed by atoms with van der Waals surface area (Å²) in [5.41, 5.74) is -1.27. The molecule has 0 radical (unpaired) electrons. The average molecular weight is 288 g/mol. The van der Waals surface area contributed by atoms with Gasteiger partial charge in [-0.3, -0.25) is 0 Å². The summed E-state index contributed by atoms with van der Waals surface area (Å²) in [5, 5.41) is 8.67. The fraction of sp³-hybridized carbons (Fsp3) is 0.500. The van der Waals surface area contributed by atoms with E-state index in [4.69, 9.17) is 5.11 Å². The lowest BCUT2D eigenvalue weighted by Gasteiger charge is -2.26.